The minimum atomic E-state index is -4.54. The molecule has 2 aromatic rings. The minimum absolute atomic E-state index is 0.0325. The Hall–Kier alpha value is -2.72. The number of halogens is 4. The predicted octanol–water partition coefficient (Wildman–Crippen LogP) is 1.95. The van der Waals surface area contributed by atoms with E-state index in [1.165, 1.54) is 15.5 Å². The van der Waals surface area contributed by atoms with Crippen molar-refractivity contribution in [2.75, 3.05) is 13.1 Å². The number of carbonyl (C=O) groups excluding carboxylic acids is 1. The maximum atomic E-state index is 13.5. The van der Waals surface area contributed by atoms with E-state index in [4.69, 9.17) is 0 Å². The largest absolute Gasteiger partial charge is 0.433 e. The summed E-state index contributed by atoms with van der Waals surface area (Å²) in [5.41, 5.74) is -1.13. The first-order chi connectivity index (χ1) is 13.7. The predicted molar refractivity (Wildman–Crippen MR) is 92.9 cm³/mol. The summed E-state index contributed by atoms with van der Waals surface area (Å²) < 4.78 is 53.9. The molecule has 156 valence electrons. The van der Waals surface area contributed by atoms with Gasteiger partial charge in [-0.15, -0.1) is 0 Å². The summed E-state index contributed by atoms with van der Waals surface area (Å²) >= 11 is 0. The highest BCUT2D eigenvalue weighted by Gasteiger charge is 2.36. The van der Waals surface area contributed by atoms with Crippen LogP contribution in [0.2, 0.25) is 0 Å². The molecule has 2 aliphatic rings. The van der Waals surface area contributed by atoms with Crippen LogP contribution >= 0.6 is 0 Å². The first-order valence-corrected chi connectivity index (χ1v) is 9.37. The molecule has 1 saturated heterocycles. The Labute approximate surface area is 162 Å². The molecule has 0 saturated carbocycles. The third-order valence-electron chi connectivity index (χ3n) is 5.31. The van der Waals surface area contributed by atoms with E-state index in [0.29, 0.717) is 43.6 Å². The number of aryl methyl sites for hydroxylation is 1. The maximum absolute atomic E-state index is 13.5. The van der Waals surface area contributed by atoms with E-state index in [1.807, 2.05) is 0 Å². The first kappa shape index (κ1) is 19.6. The monoisotopic (exact) mass is 413 g/mol. The zero-order chi connectivity index (χ0) is 20.8. The molecule has 29 heavy (non-hydrogen) atoms. The molecule has 4 rings (SSSR count). The van der Waals surface area contributed by atoms with E-state index in [0.717, 1.165) is 16.9 Å². The van der Waals surface area contributed by atoms with Gasteiger partial charge in [0.1, 0.15) is 23.7 Å². The number of rotatable bonds is 3. The molecule has 11 heteroatoms. The van der Waals surface area contributed by atoms with Gasteiger partial charge in [-0.25, -0.2) is 13.9 Å². The number of pyridine rings is 1. The second kappa shape index (κ2) is 7.27. The van der Waals surface area contributed by atoms with Crippen LogP contribution in [0, 0.1) is 0 Å². The fourth-order valence-electron chi connectivity index (χ4n) is 3.86. The molecule has 0 N–H and O–H groups in total. The zero-order valence-electron chi connectivity index (χ0n) is 15.4. The van der Waals surface area contributed by atoms with Crippen molar-refractivity contribution in [1.29, 1.82) is 0 Å². The lowest BCUT2D eigenvalue weighted by Crippen LogP contribution is -2.41. The number of aromatic nitrogens is 4. The molecule has 2 unspecified atom stereocenters. The van der Waals surface area contributed by atoms with Gasteiger partial charge in [-0.1, -0.05) is 6.07 Å². The summed E-state index contributed by atoms with van der Waals surface area (Å²) in [5.74, 6) is 0.166. The van der Waals surface area contributed by atoms with Crippen LogP contribution in [0.25, 0.3) is 0 Å². The van der Waals surface area contributed by atoms with Crippen LogP contribution in [0.1, 0.15) is 42.4 Å². The molecule has 2 atom stereocenters. The summed E-state index contributed by atoms with van der Waals surface area (Å²) in [6.45, 7) is 0.303. The van der Waals surface area contributed by atoms with Crippen molar-refractivity contribution in [2.24, 2.45) is 0 Å². The van der Waals surface area contributed by atoms with Gasteiger partial charge in [-0.05, 0) is 30.9 Å². The Kier molecular flexibility index (Phi) is 4.91. The van der Waals surface area contributed by atoms with Gasteiger partial charge < -0.3 is 4.90 Å². The van der Waals surface area contributed by atoms with E-state index >= 15 is 0 Å². The molecule has 1 amide bonds. The molecule has 7 nitrogen and oxygen atoms in total. The molecule has 0 aliphatic carbocycles. The number of hydrogen-bond acceptors (Lipinski definition) is 4. The van der Waals surface area contributed by atoms with Gasteiger partial charge in [-0.3, -0.25) is 14.3 Å². The summed E-state index contributed by atoms with van der Waals surface area (Å²) in [5, 5.41) is 4.26. The van der Waals surface area contributed by atoms with E-state index in [-0.39, 0.29) is 19.0 Å². The summed E-state index contributed by atoms with van der Waals surface area (Å²) in [7, 11) is 0. The minimum Gasteiger partial charge on any atom is -0.338 e. The molecule has 2 aliphatic heterocycles. The van der Waals surface area contributed by atoms with Crippen LogP contribution in [0.4, 0.5) is 17.6 Å². The highest BCUT2D eigenvalue weighted by Crippen LogP contribution is 2.28. The van der Waals surface area contributed by atoms with Crippen LogP contribution < -0.4 is 5.69 Å². The lowest BCUT2D eigenvalue weighted by Gasteiger charge is -2.26. The quantitative estimate of drug-likeness (QED) is 0.722. The van der Waals surface area contributed by atoms with Crippen molar-refractivity contribution in [3.63, 3.8) is 0 Å². The maximum Gasteiger partial charge on any atom is 0.433 e. The standard InChI is InChI=1S/C18H19F4N5O2/c19-12-6-7-25(10-12)16(28)13-2-1-3-15-24-26(17(29)27(13)15)9-11-4-5-14(23-8-11)18(20,21)22/h4-5,8,12-13H,1-3,6-7,9-10H2. The third-order valence-corrected chi connectivity index (χ3v) is 5.31. The average Bonchev–Trinajstić information content (AvgIpc) is 3.25. The molecule has 4 heterocycles. The molecule has 1 fully saturated rings. The number of fused-ring (bicyclic) bond motifs is 1. The lowest BCUT2D eigenvalue weighted by atomic mass is 10.0. The van der Waals surface area contributed by atoms with Crippen molar-refractivity contribution in [3.8, 4) is 0 Å². The number of nitrogens with zero attached hydrogens (tertiary/aromatic N) is 5. The second-order valence-corrected chi connectivity index (χ2v) is 7.35. The van der Waals surface area contributed by atoms with Crippen molar-refractivity contribution in [1.82, 2.24) is 24.2 Å². The summed E-state index contributed by atoms with van der Waals surface area (Å²) in [6, 6.07) is 1.37. The van der Waals surface area contributed by atoms with Crippen molar-refractivity contribution in [2.45, 2.75) is 50.6 Å². The third kappa shape index (κ3) is 3.77. The van der Waals surface area contributed by atoms with Crippen molar-refractivity contribution < 1.29 is 22.4 Å². The molecule has 0 spiro atoms. The van der Waals surface area contributed by atoms with Crippen LogP contribution in [0.5, 0.6) is 0 Å². The number of likely N-dealkylation sites (tertiary alicyclic amines) is 1. The first-order valence-electron chi connectivity index (χ1n) is 9.37. The molecular weight excluding hydrogens is 394 g/mol. The van der Waals surface area contributed by atoms with Gasteiger partial charge >= 0.3 is 11.9 Å². The normalized spacial score (nSPS) is 22.0. The van der Waals surface area contributed by atoms with Gasteiger partial charge in [0.15, 0.2) is 0 Å². The van der Waals surface area contributed by atoms with Crippen LogP contribution in [-0.4, -0.2) is 49.4 Å². The van der Waals surface area contributed by atoms with Gasteiger partial charge in [-0.2, -0.15) is 18.3 Å². The van der Waals surface area contributed by atoms with Gasteiger partial charge in [0.2, 0.25) is 5.91 Å². The Balaban J connectivity index is 1.58. The number of carbonyl (C=O) groups is 1. The van der Waals surface area contributed by atoms with Crippen molar-refractivity contribution in [3.05, 3.63) is 45.9 Å². The number of alkyl halides is 4. The average molecular weight is 413 g/mol. The topological polar surface area (TPSA) is 73.0 Å². The highest BCUT2D eigenvalue weighted by molar-refractivity contribution is 5.81. The Morgan fingerprint density at radius 1 is 1.24 bits per heavy atom. The van der Waals surface area contributed by atoms with E-state index in [1.54, 1.807) is 0 Å². The zero-order valence-corrected chi connectivity index (χ0v) is 15.4. The Morgan fingerprint density at radius 2 is 2.03 bits per heavy atom. The molecule has 2 aromatic heterocycles. The van der Waals surface area contributed by atoms with Gasteiger partial charge in [0, 0.05) is 19.2 Å². The Bertz CT molecular complexity index is 966. The van der Waals surface area contributed by atoms with Crippen LogP contribution in [0.3, 0.4) is 0 Å². The van der Waals surface area contributed by atoms with Gasteiger partial charge in [0.05, 0.1) is 13.1 Å². The SMILES string of the molecule is O=C(C1CCCc2nn(Cc3ccc(C(F)(F)F)nc3)c(=O)n21)N1CCC(F)C1. The smallest absolute Gasteiger partial charge is 0.338 e. The van der Waals surface area contributed by atoms with E-state index in [2.05, 4.69) is 10.1 Å². The summed E-state index contributed by atoms with van der Waals surface area (Å²) in [4.78, 5) is 30.5. The number of amides is 1. The fourth-order valence-corrected chi connectivity index (χ4v) is 3.86. The molecular formula is C18H19F4N5O2. The number of hydrogen-bond donors (Lipinski definition) is 0. The molecule has 0 aromatic carbocycles. The Morgan fingerprint density at radius 3 is 2.66 bits per heavy atom. The van der Waals surface area contributed by atoms with E-state index < -0.39 is 29.8 Å². The molecule has 0 radical (unpaired) electrons. The van der Waals surface area contributed by atoms with Crippen molar-refractivity contribution >= 4 is 5.91 Å². The van der Waals surface area contributed by atoms with Crippen LogP contribution in [0.15, 0.2) is 23.1 Å². The highest BCUT2D eigenvalue weighted by atomic mass is 19.4. The van der Waals surface area contributed by atoms with Gasteiger partial charge in [0.25, 0.3) is 0 Å². The van der Waals surface area contributed by atoms with E-state index in [9.17, 15) is 27.2 Å². The van der Waals surface area contributed by atoms with Crippen LogP contribution in [-0.2, 0) is 23.9 Å². The lowest BCUT2D eigenvalue weighted by molar-refractivity contribution is -0.141. The fraction of sp³-hybridized carbons (Fsp3) is 0.556. The second-order valence-electron chi connectivity index (χ2n) is 7.35. The summed E-state index contributed by atoms with van der Waals surface area (Å²) in [6.07, 6.45) is -2.59. The molecule has 0 bridgehead atoms.